The van der Waals surface area contributed by atoms with E-state index in [4.69, 9.17) is 10.00 Å². The van der Waals surface area contributed by atoms with E-state index in [0.29, 0.717) is 11.3 Å². The lowest BCUT2D eigenvalue weighted by atomic mass is 10.2. The Morgan fingerprint density at radius 1 is 1.15 bits per heavy atom. The Bertz CT molecular complexity index is 961. The molecular weight excluding hydrogens is 372 g/mol. The Hall–Kier alpha value is -3.22. The number of carbonyl (C=O) groups excluding carboxylic acids is 2. The van der Waals surface area contributed by atoms with Crippen LogP contribution in [0.15, 0.2) is 47.2 Å². The molecule has 0 aliphatic heterocycles. The van der Waals surface area contributed by atoms with Crippen LogP contribution in [-0.4, -0.2) is 23.4 Å². The van der Waals surface area contributed by atoms with Crippen molar-refractivity contribution in [1.29, 1.82) is 5.26 Å². The molecule has 2 heterocycles. The first-order valence-electron chi connectivity index (χ1n) is 7.38. The van der Waals surface area contributed by atoms with Crippen molar-refractivity contribution in [3.63, 3.8) is 0 Å². The summed E-state index contributed by atoms with van der Waals surface area (Å²) in [6, 6.07) is 12.4. The quantitative estimate of drug-likeness (QED) is 0.658. The highest BCUT2D eigenvalue weighted by Gasteiger charge is 2.13. The summed E-state index contributed by atoms with van der Waals surface area (Å²) in [5, 5.41) is 13.3. The van der Waals surface area contributed by atoms with E-state index in [1.807, 2.05) is 23.6 Å². The number of carbonyl (C=O) groups is 2. The Morgan fingerprint density at radius 3 is 2.77 bits per heavy atom. The molecule has 130 valence electrons. The zero-order chi connectivity index (χ0) is 18.4. The summed E-state index contributed by atoms with van der Waals surface area (Å²) < 4.78 is 5.28. The maximum absolute atomic E-state index is 12.0. The van der Waals surface area contributed by atoms with E-state index >= 15 is 0 Å². The molecule has 0 aliphatic carbocycles. The lowest BCUT2D eigenvalue weighted by Gasteiger charge is -2.08. The van der Waals surface area contributed by atoms with Crippen LogP contribution in [0.5, 0.6) is 5.75 Å². The van der Waals surface area contributed by atoms with Gasteiger partial charge in [0, 0.05) is 5.38 Å². The standard InChI is InChI=1S/C17H12N4O3S2/c18-8-11-4-1-2-5-13(11)24-9-15(22)20-21-16(23)12-10-26-17(19-12)14-6-3-7-25-14/h1-7,10H,9H2,(H,20,22)(H,21,23). The smallest absolute Gasteiger partial charge is 0.289 e. The molecule has 7 nitrogen and oxygen atoms in total. The van der Waals surface area contributed by atoms with Crippen molar-refractivity contribution in [1.82, 2.24) is 15.8 Å². The molecule has 0 atom stereocenters. The number of benzene rings is 1. The van der Waals surface area contributed by atoms with E-state index in [0.717, 1.165) is 9.88 Å². The van der Waals surface area contributed by atoms with Gasteiger partial charge < -0.3 is 4.74 Å². The number of nitrogens with one attached hydrogen (secondary N) is 2. The lowest BCUT2D eigenvalue weighted by molar-refractivity contribution is -0.123. The highest BCUT2D eigenvalue weighted by molar-refractivity contribution is 7.20. The fourth-order valence-electron chi connectivity index (χ4n) is 1.95. The van der Waals surface area contributed by atoms with Crippen LogP contribution in [0.2, 0.25) is 0 Å². The van der Waals surface area contributed by atoms with Crippen LogP contribution < -0.4 is 15.6 Å². The molecule has 0 saturated heterocycles. The normalized spacial score (nSPS) is 9.96. The van der Waals surface area contributed by atoms with Crippen LogP contribution in [0.4, 0.5) is 0 Å². The molecule has 2 N–H and O–H groups in total. The van der Waals surface area contributed by atoms with Gasteiger partial charge in [-0.15, -0.1) is 22.7 Å². The van der Waals surface area contributed by atoms with Crippen LogP contribution in [0.25, 0.3) is 9.88 Å². The average Bonchev–Trinajstić information content (AvgIpc) is 3.36. The van der Waals surface area contributed by atoms with Crippen molar-refractivity contribution in [3.8, 4) is 21.7 Å². The molecule has 0 saturated carbocycles. The van der Waals surface area contributed by atoms with Gasteiger partial charge in [-0.05, 0) is 23.6 Å². The van der Waals surface area contributed by atoms with Gasteiger partial charge in [0.05, 0.1) is 10.4 Å². The maximum Gasteiger partial charge on any atom is 0.289 e. The minimum Gasteiger partial charge on any atom is -0.482 e. The van der Waals surface area contributed by atoms with Crippen molar-refractivity contribution < 1.29 is 14.3 Å². The third-order valence-electron chi connectivity index (χ3n) is 3.15. The van der Waals surface area contributed by atoms with Crippen molar-refractivity contribution in [2.45, 2.75) is 0 Å². The number of para-hydroxylation sites is 1. The van der Waals surface area contributed by atoms with E-state index < -0.39 is 11.8 Å². The van der Waals surface area contributed by atoms with Crippen LogP contribution in [0.1, 0.15) is 16.1 Å². The van der Waals surface area contributed by atoms with E-state index in [1.165, 1.54) is 22.7 Å². The van der Waals surface area contributed by atoms with Gasteiger partial charge in [-0.2, -0.15) is 5.26 Å². The van der Waals surface area contributed by atoms with Crippen LogP contribution in [-0.2, 0) is 4.79 Å². The van der Waals surface area contributed by atoms with E-state index in [1.54, 1.807) is 29.6 Å². The number of hydrogen-bond acceptors (Lipinski definition) is 7. The second-order valence-corrected chi connectivity index (χ2v) is 6.72. The number of amides is 2. The molecule has 2 amide bonds. The first-order valence-corrected chi connectivity index (χ1v) is 9.14. The summed E-state index contributed by atoms with van der Waals surface area (Å²) in [5.74, 6) is -0.772. The minimum absolute atomic E-state index is 0.217. The minimum atomic E-state index is -0.556. The molecule has 26 heavy (non-hydrogen) atoms. The molecule has 9 heteroatoms. The topological polar surface area (TPSA) is 104 Å². The van der Waals surface area contributed by atoms with Crippen molar-refractivity contribution >= 4 is 34.5 Å². The number of nitriles is 1. The number of nitrogens with zero attached hydrogens (tertiary/aromatic N) is 2. The molecule has 0 bridgehead atoms. The van der Waals surface area contributed by atoms with Gasteiger partial charge in [0.15, 0.2) is 6.61 Å². The summed E-state index contributed by atoms with van der Waals surface area (Å²) in [4.78, 5) is 29.1. The summed E-state index contributed by atoms with van der Waals surface area (Å²) in [5.41, 5.74) is 5.08. The van der Waals surface area contributed by atoms with Gasteiger partial charge in [-0.3, -0.25) is 20.4 Å². The second kappa shape index (κ2) is 8.24. The van der Waals surface area contributed by atoms with Crippen molar-refractivity contribution in [2.75, 3.05) is 6.61 Å². The number of ether oxygens (including phenoxy) is 1. The Labute approximate surface area is 156 Å². The average molecular weight is 384 g/mol. The lowest BCUT2D eigenvalue weighted by Crippen LogP contribution is -2.44. The maximum atomic E-state index is 12.0. The number of thiophene rings is 1. The molecule has 3 rings (SSSR count). The molecule has 0 spiro atoms. The summed E-state index contributed by atoms with van der Waals surface area (Å²) >= 11 is 2.89. The third kappa shape index (κ3) is 4.24. The summed E-state index contributed by atoms with van der Waals surface area (Å²) in [6.07, 6.45) is 0. The molecule has 1 aromatic carbocycles. The Balaban J connectivity index is 1.50. The molecular formula is C17H12N4O3S2. The SMILES string of the molecule is N#Cc1ccccc1OCC(=O)NNC(=O)c1csc(-c2cccs2)n1. The Kier molecular flexibility index (Phi) is 5.58. The van der Waals surface area contributed by atoms with Gasteiger partial charge in [-0.1, -0.05) is 18.2 Å². The molecule has 2 aromatic heterocycles. The summed E-state index contributed by atoms with van der Waals surface area (Å²) in [6.45, 7) is -0.337. The van der Waals surface area contributed by atoms with Gasteiger partial charge >= 0.3 is 0 Å². The molecule has 0 radical (unpaired) electrons. The van der Waals surface area contributed by atoms with Crippen LogP contribution in [0, 0.1) is 11.3 Å². The number of hydrazine groups is 1. The Morgan fingerprint density at radius 2 is 2.00 bits per heavy atom. The zero-order valence-electron chi connectivity index (χ0n) is 13.3. The monoisotopic (exact) mass is 384 g/mol. The second-order valence-electron chi connectivity index (χ2n) is 4.91. The van der Waals surface area contributed by atoms with Crippen molar-refractivity contribution in [3.05, 3.63) is 58.4 Å². The van der Waals surface area contributed by atoms with Crippen molar-refractivity contribution in [2.24, 2.45) is 0 Å². The molecule has 3 aromatic rings. The van der Waals surface area contributed by atoms with E-state index in [2.05, 4.69) is 15.8 Å². The predicted molar refractivity (Wildman–Crippen MR) is 97.7 cm³/mol. The van der Waals surface area contributed by atoms with Gasteiger partial charge in [0.25, 0.3) is 11.8 Å². The number of rotatable bonds is 5. The summed E-state index contributed by atoms with van der Waals surface area (Å²) in [7, 11) is 0. The third-order valence-corrected chi connectivity index (χ3v) is 5.03. The van der Waals surface area contributed by atoms with Crippen LogP contribution in [0.3, 0.4) is 0 Å². The predicted octanol–water partition coefficient (Wildman–Crippen LogP) is 2.58. The largest absolute Gasteiger partial charge is 0.482 e. The fourth-order valence-corrected chi connectivity index (χ4v) is 3.56. The molecule has 0 unspecified atom stereocenters. The molecule has 0 fully saturated rings. The van der Waals surface area contributed by atoms with Gasteiger partial charge in [0.2, 0.25) is 0 Å². The van der Waals surface area contributed by atoms with Crippen LogP contribution >= 0.6 is 22.7 Å². The first kappa shape index (κ1) is 17.6. The highest BCUT2D eigenvalue weighted by Crippen LogP contribution is 2.27. The highest BCUT2D eigenvalue weighted by atomic mass is 32.1. The number of aromatic nitrogens is 1. The fraction of sp³-hybridized carbons (Fsp3) is 0.0588. The zero-order valence-corrected chi connectivity index (χ0v) is 14.9. The van der Waals surface area contributed by atoms with Gasteiger partial charge in [0.1, 0.15) is 22.5 Å². The molecule has 0 aliphatic rings. The number of hydrogen-bond donors (Lipinski definition) is 2. The van der Waals surface area contributed by atoms with E-state index in [-0.39, 0.29) is 12.3 Å². The van der Waals surface area contributed by atoms with E-state index in [9.17, 15) is 9.59 Å². The number of thiazole rings is 1. The van der Waals surface area contributed by atoms with Gasteiger partial charge in [-0.25, -0.2) is 4.98 Å². The first-order chi connectivity index (χ1) is 12.7.